The molecule has 5 aliphatic carbocycles. The molecule has 0 aliphatic heterocycles. The summed E-state index contributed by atoms with van der Waals surface area (Å²) in [6.07, 6.45) is 11.8. The van der Waals surface area contributed by atoms with Crippen LogP contribution in [0.1, 0.15) is 119 Å². The van der Waals surface area contributed by atoms with Gasteiger partial charge in [0, 0.05) is 0 Å². The zero-order valence-electron chi connectivity index (χ0n) is 22.5. The second kappa shape index (κ2) is 7.01. The first-order valence-electron chi connectivity index (χ1n) is 14.1. The van der Waals surface area contributed by atoms with Crippen molar-refractivity contribution in [2.24, 2.45) is 56.2 Å². The Bertz CT molecular complexity index is 830. The van der Waals surface area contributed by atoms with Crippen LogP contribution in [0.2, 0.25) is 0 Å². The largest absolute Gasteiger partial charge is 0.481 e. The minimum Gasteiger partial charge on any atom is -0.481 e. The van der Waals surface area contributed by atoms with Crippen LogP contribution in [0.15, 0.2) is 0 Å². The number of carboxylic acid groups (broad SMARTS) is 1. The second-order valence-corrected chi connectivity index (χ2v) is 15.5. The summed E-state index contributed by atoms with van der Waals surface area (Å²) in [5, 5.41) is 21.4. The highest BCUT2D eigenvalue weighted by atomic mass is 16.4. The molecule has 0 bridgehead atoms. The zero-order chi connectivity index (χ0) is 24.2. The summed E-state index contributed by atoms with van der Waals surface area (Å²) in [6.45, 7) is 17.2. The molecule has 5 aliphatic rings. The van der Waals surface area contributed by atoms with Crippen LogP contribution >= 0.6 is 0 Å². The van der Waals surface area contributed by atoms with Gasteiger partial charge in [0.15, 0.2) is 0 Å². The predicted molar refractivity (Wildman–Crippen MR) is 133 cm³/mol. The smallest absolute Gasteiger partial charge is 0.309 e. The average Bonchev–Trinajstić information content (AvgIpc) is 2.71. The first-order chi connectivity index (χ1) is 15.1. The summed E-state index contributed by atoms with van der Waals surface area (Å²) in [6, 6.07) is 0. The number of rotatable bonds is 1. The fourth-order valence-electron chi connectivity index (χ4n) is 11.4. The molecule has 0 aromatic rings. The lowest BCUT2D eigenvalue weighted by atomic mass is 9.31. The molecule has 0 spiro atoms. The second-order valence-electron chi connectivity index (χ2n) is 15.5. The molecule has 9 atom stereocenters. The van der Waals surface area contributed by atoms with Gasteiger partial charge in [-0.05, 0) is 121 Å². The summed E-state index contributed by atoms with van der Waals surface area (Å²) in [5.41, 5.74) is 0.544. The van der Waals surface area contributed by atoms with Crippen molar-refractivity contribution < 1.29 is 15.0 Å². The molecule has 0 saturated heterocycles. The van der Waals surface area contributed by atoms with Gasteiger partial charge in [0.1, 0.15) is 0 Å². The molecule has 0 heterocycles. The maximum absolute atomic E-state index is 12.8. The summed E-state index contributed by atoms with van der Waals surface area (Å²) in [4.78, 5) is 12.8. The van der Waals surface area contributed by atoms with Gasteiger partial charge in [-0.2, -0.15) is 0 Å². The van der Waals surface area contributed by atoms with E-state index in [9.17, 15) is 15.0 Å². The summed E-state index contributed by atoms with van der Waals surface area (Å²) in [7, 11) is 0. The first-order valence-corrected chi connectivity index (χ1v) is 14.1. The molecule has 3 heteroatoms. The first kappa shape index (κ1) is 24.1. The average molecular weight is 459 g/mol. The SMILES string of the molecule is CC1(C)CC[C@@]2(C(=O)O)CC[C@]3(C)[C@H](CC[C@H]4[C@@]5(C)CC[C@H](O)C(C)(C)[C@@H]5CC[C@@]43C)[C@@H]2C1. The van der Waals surface area contributed by atoms with Crippen molar-refractivity contribution in [2.45, 2.75) is 125 Å². The van der Waals surface area contributed by atoms with Crippen LogP contribution in [0.5, 0.6) is 0 Å². The van der Waals surface area contributed by atoms with Gasteiger partial charge in [-0.3, -0.25) is 4.79 Å². The van der Waals surface area contributed by atoms with Crippen molar-refractivity contribution in [1.82, 2.24) is 0 Å². The fraction of sp³-hybridized carbons (Fsp3) is 0.967. The molecule has 188 valence electrons. The van der Waals surface area contributed by atoms with Crippen LogP contribution in [-0.4, -0.2) is 22.3 Å². The summed E-state index contributed by atoms with van der Waals surface area (Å²) in [5.74, 6) is 1.62. The van der Waals surface area contributed by atoms with E-state index in [1.165, 1.54) is 25.7 Å². The normalized spacial score (nSPS) is 54.8. The third-order valence-corrected chi connectivity index (χ3v) is 13.6. The number of aliphatic carboxylic acids is 1. The van der Waals surface area contributed by atoms with E-state index in [1.807, 2.05) is 0 Å². The van der Waals surface area contributed by atoms with Gasteiger partial charge in [-0.15, -0.1) is 0 Å². The number of aliphatic hydroxyl groups is 1. The maximum atomic E-state index is 12.8. The molecule has 0 aromatic carbocycles. The Morgan fingerprint density at radius 3 is 2.03 bits per heavy atom. The molecular formula is C30H50O3. The Morgan fingerprint density at radius 2 is 1.36 bits per heavy atom. The third-order valence-electron chi connectivity index (χ3n) is 13.6. The Morgan fingerprint density at radius 1 is 0.697 bits per heavy atom. The maximum Gasteiger partial charge on any atom is 0.309 e. The third kappa shape index (κ3) is 2.93. The lowest BCUT2D eigenvalue weighted by molar-refractivity contribution is -0.255. The van der Waals surface area contributed by atoms with Crippen molar-refractivity contribution in [3.05, 3.63) is 0 Å². The zero-order valence-corrected chi connectivity index (χ0v) is 22.5. The molecule has 5 fully saturated rings. The Labute approximate surface area is 202 Å². The van der Waals surface area contributed by atoms with Gasteiger partial charge >= 0.3 is 5.97 Å². The van der Waals surface area contributed by atoms with E-state index < -0.39 is 11.4 Å². The van der Waals surface area contributed by atoms with E-state index in [0.29, 0.717) is 23.7 Å². The fourth-order valence-corrected chi connectivity index (χ4v) is 11.4. The number of carbonyl (C=O) groups is 1. The van der Waals surface area contributed by atoms with Gasteiger partial charge in [0.05, 0.1) is 11.5 Å². The molecule has 0 radical (unpaired) electrons. The lowest BCUT2D eigenvalue weighted by Crippen LogP contribution is -2.67. The Kier molecular flexibility index (Phi) is 5.13. The van der Waals surface area contributed by atoms with Crippen molar-refractivity contribution in [3.63, 3.8) is 0 Å². The van der Waals surface area contributed by atoms with E-state index in [-0.39, 0.29) is 33.2 Å². The number of hydrogen-bond donors (Lipinski definition) is 2. The topological polar surface area (TPSA) is 57.5 Å². The molecule has 33 heavy (non-hydrogen) atoms. The van der Waals surface area contributed by atoms with Crippen LogP contribution in [0.4, 0.5) is 0 Å². The van der Waals surface area contributed by atoms with Crippen molar-refractivity contribution in [1.29, 1.82) is 0 Å². The predicted octanol–water partition coefficient (Wildman–Crippen LogP) is 7.31. The number of fused-ring (bicyclic) bond motifs is 7. The molecule has 0 aromatic heterocycles. The van der Waals surface area contributed by atoms with Gasteiger partial charge in [0.25, 0.3) is 0 Å². The van der Waals surface area contributed by atoms with E-state index in [0.717, 1.165) is 44.9 Å². The molecule has 0 unspecified atom stereocenters. The van der Waals surface area contributed by atoms with Crippen molar-refractivity contribution in [2.75, 3.05) is 0 Å². The van der Waals surface area contributed by atoms with E-state index >= 15 is 0 Å². The number of hydrogen-bond acceptors (Lipinski definition) is 2. The van der Waals surface area contributed by atoms with Crippen LogP contribution in [0.3, 0.4) is 0 Å². The molecular weight excluding hydrogens is 408 g/mol. The van der Waals surface area contributed by atoms with E-state index in [2.05, 4.69) is 48.5 Å². The van der Waals surface area contributed by atoms with Crippen molar-refractivity contribution in [3.8, 4) is 0 Å². The highest BCUT2D eigenvalue weighted by Gasteiger charge is 2.71. The van der Waals surface area contributed by atoms with Gasteiger partial charge in [-0.25, -0.2) is 0 Å². The molecule has 0 amide bonds. The summed E-state index contributed by atoms with van der Waals surface area (Å²) < 4.78 is 0. The molecule has 2 N–H and O–H groups in total. The molecule has 5 saturated carbocycles. The highest BCUT2D eigenvalue weighted by Crippen LogP contribution is 2.77. The Hall–Kier alpha value is -0.570. The standard InChI is InChI=1S/C30H50O3/c1-25(2)14-16-30(24(32)33)17-15-28(6)19(20(30)18-25)8-9-22-27(5)12-11-23(31)26(3,4)21(27)10-13-29(22,28)7/h19-23,31H,8-18H2,1-7H3,(H,32,33)/t19-,20+,21+,22+,23+,27+,28-,29+,30-/m1/s1. The van der Waals surface area contributed by atoms with E-state index in [1.54, 1.807) is 0 Å². The minimum atomic E-state index is -0.504. The number of aliphatic hydroxyl groups excluding tert-OH is 1. The molecule has 5 rings (SSSR count). The van der Waals surface area contributed by atoms with Crippen LogP contribution in [-0.2, 0) is 4.79 Å². The highest BCUT2D eigenvalue weighted by molar-refractivity contribution is 5.75. The van der Waals surface area contributed by atoms with E-state index in [4.69, 9.17) is 0 Å². The molecule has 3 nitrogen and oxygen atoms in total. The lowest BCUT2D eigenvalue weighted by Gasteiger charge is -2.73. The van der Waals surface area contributed by atoms with Crippen LogP contribution < -0.4 is 0 Å². The van der Waals surface area contributed by atoms with Gasteiger partial charge < -0.3 is 10.2 Å². The van der Waals surface area contributed by atoms with Crippen molar-refractivity contribution >= 4 is 5.97 Å². The van der Waals surface area contributed by atoms with Gasteiger partial charge in [0.2, 0.25) is 0 Å². The van der Waals surface area contributed by atoms with Crippen LogP contribution in [0, 0.1) is 56.2 Å². The quantitative estimate of drug-likeness (QED) is 0.433. The van der Waals surface area contributed by atoms with Crippen LogP contribution in [0.25, 0.3) is 0 Å². The summed E-state index contributed by atoms with van der Waals surface area (Å²) >= 11 is 0. The minimum absolute atomic E-state index is 0.00942. The Balaban J connectivity index is 1.54. The number of carboxylic acids is 1. The monoisotopic (exact) mass is 458 g/mol. The van der Waals surface area contributed by atoms with Gasteiger partial charge in [-0.1, -0.05) is 48.5 Å².